The van der Waals surface area contributed by atoms with Gasteiger partial charge in [0.05, 0.1) is 17.6 Å². The number of carbonyl (C=O) groups excluding carboxylic acids is 1. The molecule has 0 unspecified atom stereocenters. The molecule has 0 fully saturated rings. The molecule has 1 heterocycles. The molecule has 3 nitrogen and oxygen atoms in total. The number of aromatic nitrogens is 1. The molecule has 1 amide bonds. The fourth-order valence-corrected chi connectivity index (χ4v) is 2.28. The first-order valence-corrected chi connectivity index (χ1v) is 6.90. The highest BCUT2D eigenvalue weighted by atomic mass is 16.2. The number of fused-ring (bicyclic) bond motifs is 1. The lowest BCUT2D eigenvalue weighted by Crippen LogP contribution is -2.28. The van der Waals surface area contributed by atoms with Gasteiger partial charge in [-0.05, 0) is 24.3 Å². The molecular formula is C18H16N2O. The van der Waals surface area contributed by atoms with Gasteiger partial charge in [-0.25, -0.2) is 0 Å². The third kappa shape index (κ3) is 2.92. The molecule has 0 aliphatic rings. The molecule has 0 aliphatic heterocycles. The normalized spacial score (nSPS) is 10.5. The van der Waals surface area contributed by atoms with E-state index in [1.165, 1.54) is 0 Å². The summed E-state index contributed by atoms with van der Waals surface area (Å²) in [4.78, 5) is 18.5. The van der Waals surface area contributed by atoms with E-state index in [2.05, 4.69) is 4.98 Å². The molecule has 3 aromatic rings. The number of pyridine rings is 1. The number of carbonyl (C=O) groups is 1. The maximum Gasteiger partial charge on any atom is 0.232 e. The van der Waals surface area contributed by atoms with Crippen LogP contribution in [0.1, 0.15) is 5.69 Å². The molecule has 3 heteroatoms. The van der Waals surface area contributed by atoms with Crippen molar-refractivity contribution in [3.8, 4) is 0 Å². The Morgan fingerprint density at radius 3 is 2.48 bits per heavy atom. The molecule has 2 aromatic carbocycles. The van der Waals surface area contributed by atoms with Crippen molar-refractivity contribution in [2.24, 2.45) is 0 Å². The summed E-state index contributed by atoms with van der Waals surface area (Å²) in [5, 5.41) is 1.09. The summed E-state index contributed by atoms with van der Waals surface area (Å²) < 4.78 is 0. The van der Waals surface area contributed by atoms with Crippen LogP contribution in [0.4, 0.5) is 5.69 Å². The molecule has 0 N–H and O–H groups in total. The minimum Gasteiger partial charge on any atom is -0.315 e. The van der Waals surface area contributed by atoms with Crippen molar-refractivity contribution < 1.29 is 4.79 Å². The van der Waals surface area contributed by atoms with Gasteiger partial charge in [0.15, 0.2) is 0 Å². The Morgan fingerprint density at radius 2 is 1.67 bits per heavy atom. The van der Waals surface area contributed by atoms with Gasteiger partial charge in [-0.2, -0.15) is 0 Å². The largest absolute Gasteiger partial charge is 0.315 e. The predicted octanol–water partition coefficient (Wildman–Crippen LogP) is 3.44. The third-order valence-corrected chi connectivity index (χ3v) is 3.51. The Hall–Kier alpha value is -2.68. The van der Waals surface area contributed by atoms with Crippen LogP contribution in [0, 0.1) is 0 Å². The van der Waals surface area contributed by atoms with E-state index in [4.69, 9.17) is 0 Å². The SMILES string of the molecule is CN(C(=O)Cc1ccc2ccccc2n1)c1ccccc1. The molecule has 0 bridgehead atoms. The van der Waals surface area contributed by atoms with Gasteiger partial charge >= 0.3 is 0 Å². The van der Waals surface area contributed by atoms with E-state index in [1.54, 1.807) is 11.9 Å². The second-order valence-corrected chi connectivity index (χ2v) is 4.96. The van der Waals surface area contributed by atoms with Crippen molar-refractivity contribution in [1.29, 1.82) is 0 Å². The topological polar surface area (TPSA) is 33.2 Å². The summed E-state index contributed by atoms with van der Waals surface area (Å²) >= 11 is 0. The van der Waals surface area contributed by atoms with Crippen molar-refractivity contribution in [1.82, 2.24) is 4.98 Å². The Labute approximate surface area is 123 Å². The van der Waals surface area contributed by atoms with E-state index in [1.807, 2.05) is 66.7 Å². The maximum atomic E-state index is 12.3. The van der Waals surface area contributed by atoms with Crippen molar-refractivity contribution >= 4 is 22.5 Å². The lowest BCUT2D eigenvalue weighted by molar-refractivity contribution is -0.117. The zero-order valence-corrected chi connectivity index (χ0v) is 11.9. The third-order valence-electron chi connectivity index (χ3n) is 3.51. The number of para-hydroxylation sites is 2. The number of hydrogen-bond donors (Lipinski definition) is 0. The minimum atomic E-state index is 0.0315. The van der Waals surface area contributed by atoms with E-state index in [0.29, 0.717) is 6.42 Å². The van der Waals surface area contributed by atoms with Crippen LogP contribution in [0.25, 0.3) is 10.9 Å². The monoisotopic (exact) mass is 276 g/mol. The molecule has 21 heavy (non-hydrogen) atoms. The van der Waals surface area contributed by atoms with Crippen LogP contribution in [-0.4, -0.2) is 17.9 Å². The van der Waals surface area contributed by atoms with E-state index in [9.17, 15) is 4.79 Å². The number of likely N-dealkylation sites (N-methyl/N-ethyl adjacent to an activating group) is 1. The molecule has 0 saturated heterocycles. The number of amides is 1. The smallest absolute Gasteiger partial charge is 0.232 e. The van der Waals surface area contributed by atoms with E-state index < -0.39 is 0 Å². The molecule has 0 atom stereocenters. The number of benzene rings is 2. The van der Waals surface area contributed by atoms with Gasteiger partial charge in [0.1, 0.15) is 0 Å². The van der Waals surface area contributed by atoms with Gasteiger partial charge < -0.3 is 4.90 Å². The lowest BCUT2D eigenvalue weighted by atomic mass is 10.1. The highest BCUT2D eigenvalue weighted by Crippen LogP contribution is 2.15. The average molecular weight is 276 g/mol. The number of rotatable bonds is 3. The first kappa shape index (κ1) is 13.3. The lowest BCUT2D eigenvalue weighted by Gasteiger charge is -2.17. The van der Waals surface area contributed by atoms with E-state index >= 15 is 0 Å². The molecular weight excluding hydrogens is 260 g/mol. The van der Waals surface area contributed by atoms with Crippen molar-refractivity contribution in [2.45, 2.75) is 6.42 Å². The summed E-state index contributed by atoms with van der Waals surface area (Å²) in [6.07, 6.45) is 0.302. The first-order chi connectivity index (χ1) is 10.2. The Bertz CT molecular complexity index is 768. The summed E-state index contributed by atoms with van der Waals surface area (Å²) in [6, 6.07) is 21.5. The number of nitrogens with zero attached hydrogens (tertiary/aromatic N) is 2. The van der Waals surface area contributed by atoms with E-state index in [0.717, 1.165) is 22.3 Å². The zero-order chi connectivity index (χ0) is 14.7. The Balaban J connectivity index is 1.80. The molecule has 0 radical (unpaired) electrons. The minimum absolute atomic E-state index is 0.0315. The van der Waals surface area contributed by atoms with E-state index in [-0.39, 0.29) is 5.91 Å². The van der Waals surface area contributed by atoms with Gasteiger partial charge in [-0.15, -0.1) is 0 Å². The maximum absolute atomic E-state index is 12.3. The fraction of sp³-hybridized carbons (Fsp3) is 0.111. The fourth-order valence-electron chi connectivity index (χ4n) is 2.28. The second-order valence-electron chi connectivity index (χ2n) is 4.96. The summed E-state index contributed by atoms with van der Waals surface area (Å²) in [5.41, 5.74) is 2.61. The molecule has 3 rings (SSSR count). The summed E-state index contributed by atoms with van der Waals surface area (Å²) in [6.45, 7) is 0. The van der Waals surface area contributed by atoms with Crippen LogP contribution in [-0.2, 0) is 11.2 Å². The molecule has 0 aliphatic carbocycles. The van der Waals surface area contributed by atoms with Crippen LogP contribution in [0.2, 0.25) is 0 Å². The summed E-state index contributed by atoms with van der Waals surface area (Å²) in [5.74, 6) is 0.0315. The number of anilines is 1. The van der Waals surface area contributed by atoms with Crippen LogP contribution in [0.5, 0.6) is 0 Å². The summed E-state index contributed by atoms with van der Waals surface area (Å²) in [7, 11) is 1.79. The van der Waals surface area contributed by atoms with Gasteiger partial charge in [-0.3, -0.25) is 9.78 Å². The quantitative estimate of drug-likeness (QED) is 0.734. The standard InChI is InChI=1S/C18H16N2O/c1-20(16-8-3-2-4-9-16)18(21)13-15-12-11-14-7-5-6-10-17(14)19-15/h2-12H,13H2,1H3. The van der Waals surface area contributed by atoms with Crippen LogP contribution in [0.15, 0.2) is 66.7 Å². The van der Waals surface area contributed by atoms with Crippen molar-refractivity contribution in [3.63, 3.8) is 0 Å². The second kappa shape index (κ2) is 5.75. The molecule has 0 saturated carbocycles. The predicted molar refractivity (Wildman–Crippen MR) is 85.3 cm³/mol. The first-order valence-electron chi connectivity index (χ1n) is 6.90. The molecule has 104 valence electrons. The molecule has 1 aromatic heterocycles. The van der Waals surface area contributed by atoms with Crippen LogP contribution < -0.4 is 4.90 Å². The van der Waals surface area contributed by atoms with Gasteiger partial charge in [0, 0.05) is 18.1 Å². The van der Waals surface area contributed by atoms with Crippen molar-refractivity contribution in [2.75, 3.05) is 11.9 Å². The molecule has 0 spiro atoms. The van der Waals surface area contributed by atoms with Crippen molar-refractivity contribution in [3.05, 3.63) is 72.4 Å². The highest BCUT2D eigenvalue weighted by molar-refractivity contribution is 5.94. The van der Waals surface area contributed by atoms with Crippen LogP contribution in [0.3, 0.4) is 0 Å². The number of hydrogen-bond acceptors (Lipinski definition) is 2. The zero-order valence-electron chi connectivity index (χ0n) is 11.9. The van der Waals surface area contributed by atoms with Crippen LogP contribution >= 0.6 is 0 Å². The Kier molecular flexibility index (Phi) is 3.65. The Morgan fingerprint density at radius 1 is 0.952 bits per heavy atom. The van der Waals surface area contributed by atoms with Gasteiger partial charge in [0.25, 0.3) is 0 Å². The average Bonchev–Trinajstić information content (AvgIpc) is 2.55. The van der Waals surface area contributed by atoms with Gasteiger partial charge in [-0.1, -0.05) is 42.5 Å². The highest BCUT2D eigenvalue weighted by Gasteiger charge is 2.12. The van der Waals surface area contributed by atoms with Gasteiger partial charge in [0.2, 0.25) is 5.91 Å².